The number of ether oxygens (including phenoxy) is 1. The molecule has 23 heavy (non-hydrogen) atoms. The Morgan fingerprint density at radius 2 is 1.52 bits per heavy atom. The van der Waals surface area contributed by atoms with Gasteiger partial charge in [-0.1, -0.05) is 13.3 Å². The summed E-state index contributed by atoms with van der Waals surface area (Å²) >= 11 is 0. The van der Waals surface area contributed by atoms with Crippen molar-refractivity contribution in [1.29, 1.82) is 0 Å². The molecule has 1 aliphatic rings. The number of carbonyl (C=O) groups is 3. The molecule has 0 unspecified atom stereocenters. The van der Waals surface area contributed by atoms with E-state index < -0.39 is 11.7 Å². The van der Waals surface area contributed by atoms with Gasteiger partial charge in [0.15, 0.2) is 0 Å². The van der Waals surface area contributed by atoms with Crippen molar-refractivity contribution < 1.29 is 19.1 Å². The maximum atomic E-state index is 12.1. The number of alkyl carbamates (subject to hydrolysis) is 1. The van der Waals surface area contributed by atoms with Crippen LogP contribution in [0.3, 0.4) is 0 Å². The van der Waals surface area contributed by atoms with Crippen molar-refractivity contribution in [2.75, 3.05) is 32.7 Å². The van der Waals surface area contributed by atoms with Gasteiger partial charge in [0.1, 0.15) is 12.1 Å². The third-order valence-electron chi connectivity index (χ3n) is 3.51. The minimum Gasteiger partial charge on any atom is -0.444 e. The zero-order valence-electron chi connectivity index (χ0n) is 14.7. The summed E-state index contributed by atoms with van der Waals surface area (Å²) in [6, 6.07) is 0. The van der Waals surface area contributed by atoms with E-state index in [2.05, 4.69) is 12.2 Å². The molecule has 7 nitrogen and oxygen atoms in total. The molecule has 0 saturated carbocycles. The van der Waals surface area contributed by atoms with Gasteiger partial charge in [0.25, 0.3) is 0 Å². The first-order chi connectivity index (χ1) is 10.7. The van der Waals surface area contributed by atoms with Crippen LogP contribution in [0.5, 0.6) is 0 Å². The second-order valence-corrected chi connectivity index (χ2v) is 6.72. The fraction of sp³-hybridized carbons (Fsp3) is 0.812. The first-order valence-electron chi connectivity index (χ1n) is 8.25. The summed E-state index contributed by atoms with van der Waals surface area (Å²) in [5.41, 5.74) is -0.586. The Morgan fingerprint density at radius 3 is 2.00 bits per heavy atom. The highest BCUT2D eigenvalue weighted by Crippen LogP contribution is 2.08. The molecule has 1 rings (SSSR count). The Morgan fingerprint density at radius 1 is 1.00 bits per heavy atom. The Labute approximate surface area is 138 Å². The first kappa shape index (κ1) is 19.3. The molecule has 7 heteroatoms. The van der Waals surface area contributed by atoms with Gasteiger partial charge < -0.3 is 19.9 Å². The molecule has 1 heterocycles. The topological polar surface area (TPSA) is 79.0 Å². The van der Waals surface area contributed by atoms with Gasteiger partial charge in [-0.3, -0.25) is 9.59 Å². The smallest absolute Gasteiger partial charge is 0.408 e. The summed E-state index contributed by atoms with van der Waals surface area (Å²) in [5, 5.41) is 2.47. The number of nitrogens with one attached hydrogen (secondary N) is 1. The first-order valence-corrected chi connectivity index (χ1v) is 8.25. The van der Waals surface area contributed by atoms with E-state index in [0.29, 0.717) is 32.6 Å². The lowest BCUT2D eigenvalue weighted by atomic mass is 10.2. The van der Waals surface area contributed by atoms with Crippen LogP contribution in [-0.2, 0) is 14.3 Å². The number of amides is 3. The van der Waals surface area contributed by atoms with Crippen molar-refractivity contribution in [3.05, 3.63) is 0 Å². The molecule has 0 atom stereocenters. The van der Waals surface area contributed by atoms with E-state index in [1.807, 2.05) is 0 Å². The van der Waals surface area contributed by atoms with Crippen molar-refractivity contribution >= 4 is 17.9 Å². The van der Waals surface area contributed by atoms with Crippen LogP contribution >= 0.6 is 0 Å². The van der Waals surface area contributed by atoms with E-state index >= 15 is 0 Å². The van der Waals surface area contributed by atoms with Gasteiger partial charge in [-0.2, -0.15) is 0 Å². The summed E-state index contributed by atoms with van der Waals surface area (Å²) in [5.74, 6) is 0.00217. The predicted molar refractivity (Wildman–Crippen MR) is 86.9 cm³/mol. The third kappa shape index (κ3) is 7.34. The molecule has 0 aromatic heterocycles. The molecule has 0 spiro atoms. The highest BCUT2D eigenvalue weighted by atomic mass is 16.6. The summed E-state index contributed by atoms with van der Waals surface area (Å²) in [6.45, 7) is 9.40. The average Bonchev–Trinajstić information content (AvgIpc) is 2.48. The van der Waals surface area contributed by atoms with Crippen LogP contribution in [0.1, 0.15) is 47.0 Å². The van der Waals surface area contributed by atoms with Gasteiger partial charge in [-0.15, -0.1) is 0 Å². The van der Waals surface area contributed by atoms with Crippen molar-refractivity contribution in [2.45, 2.75) is 52.6 Å². The van der Waals surface area contributed by atoms with Gasteiger partial charge in [-0.25, -0.2) is 4.79 Å². The Bertz CT molecular complexity index is 424. The molecule has 0 aliphatic carbocycles. The Hall–Kier alpha value is -1.79. The maximum absolute atomic E-state index is 12.1. The van der Waals surface area contributed by atoms with Gasteiger partial charge in [0, 0.05) is 32.6 Å². The van der Waals surface area contributed by atoms with Gasteiger partial charge in [-0.05, 0) is 27.2 Å². The molecule has 132 valence electrons. The standard InChI is InChI=1S/C16H29N3O4/c1-5-6-7-13(20)18-8-10-19(11-9-18)14(21)12-17-15(22)23-16(2,3)4/h5-12H2,1-4H3,(H,17,22). The molecule has 1 saturated heterocycles. The van der Waals surface area contributed by atoms with Crippen LogP contribution in [0.4, 0.5) is 4.79 Å². The molecule has 3 amide bonds. The SMILES string of the molecule is CCCCC(=O)N1CCN(C(=O)CNC(=O)OC(C)(C)C)CC1. The maximum Gasteiger partial charge on any atom is 0.408 e. The van der Waals surface area contributed by atoms with E-state index in [4.69, 9.17) is 4.74 Å². The van der Waals surface area contributed by atoms with Gasteiger partial charge in [0.2, 0.25) is 11.8 Å². The molecule has 0 aromatic carbocycles. The monoisotopic (exact) mass is 327 g/mol. The molecular formula is C16H29N3O4. The summed E-state index contributed by atoms with van der Waals surface area (Å²) in [4.78, 5) is 39.0. The minimum absolute atomic E-state index is 0.0846. The van der Waals surface area contributed by atoms with E-state index in [9.17, 15) is 14.4 Å². The van der Waals surface area contributed by atoms with Crippen LogP contribution in [0.2, 0.25) is 0 Å². The second-order valence-electron chi connectivity index (χ2n) is 6.72. The zero-order valence-corrected chi connectivity index (χ0v) is 14.7. The van der Waals surface area contributed by atoms with E-state index in [1.54, 1.807) is 30.6 Å². The highest BCUT2D eigenvalue weighted by molar-refractivity contribution is 5.83. The van der Waals surface area contributed by atoms with Crippen LogP contribution in [0.25, 0.3) is 0 Å². The van der Waals surface area contributed by atoms with Crippen molar-refractivity contribution in [3.8, 4) is 0 Å². The largest absolute Gasteiger partial charge is 0.444 e. The fourth-order valence-corrected chi connectivity index (χ4v) is 2.27. The lowest BCUT2D eigenvalue weighted by Gasteiger charge is -2.35. The number of carbonyl (C=O) groups excluding carboxylic acids is 3. The Kier molecular flexibility index (Phi) is 7.32. The number of rotatable bonds is 5. The van der Waals surface area contributed by atoms with Crippen LogP contribution in [-0.4, -0.2) is 66.0 Å². The number of nitrogens with zero attached hydrogens (tertiary/aromatic N) is 2. The number of piperazine rings is 1. The zero-order chi connectivity index (χ0) is 17.5. The van der Waals surface area contributed by atoms with Crippen LogP contribution < -0.4 is 5.32 Å². The number of hydrogen-bond donors (Lipinski definition) is 1. The lowest BCUT2D eigenvalue weighted by molar-refractivity contribution is -0.139. The molecule has 0 radical (unpaired) electrons. The second kappa shape index (κ2) is 8.74. The molecule has 1 fully saturated rings. The van der Waals surface area contributed by atoms with E-state index in [1.165, 1.54) is 0 Å². The van der Waals surface area contributed by atoms with Gasteiger partial charge >= 0.3 is 6.09 Å². The van der Waals surface area contributed by atoms with Crippen LogP contribution in [0, 0.1) is 0 Å². The van der Waals surface area contributed by atoms with Crippen molar-refractivity contribution in [2.24, 2.45) is 0 Å². The normalized spacial score (nSPS) is 15.3. The summed E-state index contributed by atoms with van der Waals surface area (Å²) < 4.78 is 5.09. The molecule has 0 bridgehead atoms. The lowest BCUT2D eigenvalue weighted by Crippen LogP contribution is -2.52. The van der Waals surface area contributed by atoms with Crippen LogP contribution in [0.15, 0.2) is 0 Å². The third-order valence-corrected chi connectivity index (χ3v) is 3.51. The predicted octanol–water partition coefficient (Wildman–Crippen LogP) is 1.37. The molecule has 1 aliphatic heterocycles. The molecule has 0 aromatic rings. The van der Waals surface area contributed by atoms with Crippen molar-refractivity contribution in [3.63, 3.8) is 0 Å². The van der Waals surface area contributed by atoms with Gasteiger partial charge in [0.05, 0.1) is 0 Å². The minimum atomic E-state index is -0.598. The molecule has 1 N–H and O–H groups in total. The number of unbranched alkanes of at least 4 members (excludes halogenated alkanes) is 1. The molecular weight excluding hydrogens is 298 g/mol. The van der Waals surface area contributed by atoms with E-state index in [0.717, 1.165) is 12.8 Å². The summed E-state index contributed by atoms with van der Waals surface area (Å²) in [7, 11) is 0. The highest BCUT2D eigenvalue weighted by Gasteiger charge is 2.24. The van der Waals surface area contributed by atoms with E-state index in [-0.39, 0.29) is 18.4 Å². The fourth-order valence-electron chi connectivity index (χ4n) is 2.27. The van der Waals surface area contributed by atoms with Crippen molar-refractivity contribution in [1.82, 2.24) is 15.1 Å². The average molecular weight is 327 g/mol. The summed E-state index contributed by atoms with van der Waals surface area (Å²) in [6.07, 6.45) is 1.88. The number of hydrogen-bond acceptors (Lipinski definition) is 4. The Balaban J connectivity index is 2.30. The quantitative estimate of drug-likeness (QED) is 0.827.